The smallest absolute Gasteiger partial charge is 0.183 e. The molecule has 0 spiro atoms. The van der Waals surface area contributed by atoms with E-state index in [4.69, 9.17) is 4.98 Å². The van der Waals surface area contributed by atoms with Crippen molar-refractivity contribution in [2.45, 2.75) is 6.54 Å². The summed E-state index contributed by atoms with van der Waals surface area (Å²) in [5.41, 5.74) is 4.26. The lowest BCUT2D eigenvalue weighted by Gasteiger charge is -2.08. The van der Waals surface area contributed by atoms with Gasteiger partial charge in [-0.25, -0.2) is 19.9 Å². The first-order chi connectivity index (χ1) is 11.9. The van der Waals surface area contributed by atoms with Crippen LogP contribution in [0.2, 0.25) is 0 Å². The minimum absolute atomic E-state index is 0.584. The molecule has 4 rings (SSSR count). The molecule has 0 aliphatic carbocycles. The lowest BCUT2D eigenvalue weighted by molar-refractivity contribution is 1.08. The summed E-state index contributed by atoms with van der Waals surface area (Å²) in [4.78, 5) is 17.7. The van der Waals surface area contributed by atoms with E-state index < -0.39 is 0 Å². The Morgan fingerprint density at radius 3 is 2.33 bits per heavy atom. The predicted molar refractivity (Wildman–Crippen MR) is 94.3 cm³/mol. The van der Waals surface area contributed by atoms with Crippen LogP contribution in [0.4, 0.5) is 5.82 Å². The van der Waals surface area contributed by atoms with E-state index in [9.17, 15) is 0 Å². The van der Waals surface area contributed by atoms with Crippen molar-refractivity contribution >= 4 is 17.0 Å². The second-order valence-electron chi connectivity index (χ2n) is 5.35. The topological polar surface area (TPSA) is 63.6 Å². The fourth-order valence-corrected chi connectivity index (χ4v) is 2.50. The summed E-state index contributed by atoms with van der Waals surface area (Å²) in [5, 5.41) is 3.33. The van der Waals surface area contributed by atoms with Gasteiger partial charge in [-0.05, 0) is 5.56 Å². The van der Waals surface area contributed by atoms with E-state index in [-0.39, 0.29) is 0 Å². The molecule has 2 aromatic heterocycles. The summed E-state index contributed by atoms with van der Waals surface area (Å²) < 4.78 is 0. The molecule has 2 aromatic carbocycles. The Morgan fingerprint density at radius 1 is 0.792 bits per heavy atom. The number of nitrogens with one attached hydrogen (secondary N) is 1. The number of benzene rings is 2. The molecule has 0 atom stereocenters. The maximum Gasteiger partial charge on any atom is 0.183 e. The largest absolute Gasteiger partial charge is 0.364 e. The van der Waals surface area contributed by atoms with Gasteiger partial charge < -0.3 is 5.32 Å². The Balaban J connectivity index is 1.70. The van der Waals surface area contributed by atoms with Gasteiger partial charge in [0.05, 0.1) is 11.9 Å². The van der Waals surface area contributed by atoms with E-state index in [0.29, 0.717) is 23.5 Å². The van der Waals surface area contributed by atoms with Crippen LogP contribution in [-0.2, 0) is 6.54 Å². The lowest BCUT2D eigenvalue weighted by atomic mass is 10.2. The second-order valence-corrected chi connectivity index (χ2v) is 5.35. The van der Waals surface area contributed by atoms with Gasteiger partial charge in [0.25, 0.3) is 0 Å². The zero-order valence-corrected chi connectivity index (χ0v) is 12.9. The van der Waals surface area contributed by atoms with Gasteiger partial charge in [-0.2, -0.15) is 0 Å². The van der Waals surface area contributed by atoms with Gasteiger partial charge in [0.2, 0.25) is 0 Å². The molecule has 116 valence electrons. The molecule has 0 amide bonds. The zero-order valence-electron chi connectivity index (χ0n) is 12.9. The highest BCUT2D eigenvalue weighted by molar-refractivity contribution is 5.83. The number of rotatable bonds is 4. The number of nitrogens with zero attached hydrogens (tertiary/aromatic N) is 4. The van der Waals surface area contributed by atoms with Crippen LogP contribution < -0.4 is 5.32 Å². The van der Waals surface area contributed by atoms with Crippen molar-refractivity contribution in [1.82, 2.24) is 19.9 Å². The summed E-state index contributed by atoms with van der Waals surface area (Å²) >= 11 is 0. The first-order valence-corrected chi connectivity index (χ1v) is 7.71. The van der Waals surface area contributed by atoms with Gasteiger partial charge in [-0.3, -0.25) is 0 Å². The van der Waals surface area contributed by atoms with E-state index in [0.717, 1.165) is 11.3 Å². The van der Waals surface area contributed by atoms with E-state index in [2.05, 4.69) is 32.4 Å². The molecular formula is C19H15N5. The molecule has 24 heavy (non-hydrogen) atoms. The number of anilines is 1. The summed E-state index contributed by atoms with van der Waals surface area (Å²) in [7, 11) is 0. The summed E-state index contributed by atoms with van der Waals surface area (Å²) in [6.45, 7) is 0.671. The van der Waals surface area contributed by atoms with Crippen molar-refractivity contribution in [3.05, 3.63) is 78.8 Å². The average Bonchev–Trinajstić information content (AvgIpc) is 2.67. The molecule has 0 bridgehead atoms. The van der Waals surface area contributed by atoms with Crippen molar-refractivity contribution in [2.24, 2.45) is 0 Å². The predicted octanol–water partition coefficient (Wildman–Crippen LogP) is 3.70. The van der Waals surface area contributed by atoms with Crippen LogP contribution >= 0.6 is 0 Å². The summed E-state index contributed by atoms with van der Waals surface area (Å²) in [6, 6.07) is 20.1. The number of hydrogen-bond donors (Lipinski definition) is 1. The monoisotopic (exact) mass is 313 g/mol. The third kappa shape index (κ3) is 2.92. The van der Waals surface area contributed by atoms with Crippen molar-refractivity contribution in [3.8, 4) is 11.3 Å². The number of hydrogen-bond acceptors (Lipinski definition) is 5. The average molecular weight is 313 g/mol. The lowest BCUT2D eigenvalue weighted by Crippen LogP contribution is -2.04. The Hall–Kier alpha value is -3.34. The van der Waals surface area contributed by atoms with Crippen molar-refractivity contribution in [2.75, 3.05) is 5.32 Å². The molecule has 4 aromatic rings. The van der Waals surface area contributed by atoms with E-state index >= 15 is 0 Å². The Morgan fingerprint density at radius 2 is 1.54 bits per heavy atom. The fraction of sp³-hybridized carbons (Fsp3) is 0.0526. The highest BCUT2D eigenvalue weighted by atomic mass is 15.1. The molecule has 5 heteroatoms. The third-order valence-corrected chi connectivity index (χ3v) is 3.72. The van der Waals surface area contributed by atoms with Crippen LogP contribution in [0.1, 0.15) is 5.56 Å². The first-order valence-electron chi connectivity index (χ1n) is 7.71. The SMILES string of the molecule is c1ccc(CNc2ncnc3ncc(-c4ccccc4)nc23)cc1. The minimum Gasteiger partial charge on any atom is -0.364 e. The number of aromatic nitrogens is 4. The highest BCUT2D eigenvalue weighted by Gasteiger charge is 2.08. The van der Waals surface area contributed by atoms with Gasteiger partial charge in [0.15, 0.2) is 17.0 Å². The van der Waals surface area contributed by atoms with Crippen molar-refractivity contribution in [1.29, 1.82) is 0 Å². The third-order valence-electron chi connectivity index (χ3n) is 3.72. The maximum absolute atomic E-state index is 4.71. The molecule has 2 heterocycles. The van der Waals surface area contributed by atoms with E-state index in [1.807, 2.05) is 48.5 Å². The van der Waals surface area contributed by atoms with Gasteiger partial charge in [-0.1, -0.05) is 60.7 Å². The van der Waals surface area contributed by atoms with E-state index in [1.165, 1.54) is 11.9 Å². The number of fused-ring (bicyclic) bond motifs is 1. The Labute approximate surface area is 139 Å². The molecule has 1 N–H and O–H groups in total. The van der Waals surface area contributed by atoms with Gasteiger partial charge in [0.1, 0.15) is 6.33 Å². The molecule has 0 saturated heterocycles. The molecule has 0 fully saturated rings. The molecule has 0 aliphatic heterocycles. The zero-order chi connectivity index (χ0) is 16.2. The van der Waals surface area contributed by atoms with Crippen molar-refractivity contribution in [3.63, 3.8) is 0 Å². The Kier molecular flexibility index (Phi) is 3.81. The second kappa shape index (κ2) is 6.42. The molecular weight excluding hydrogens is 298 g/mol. The van der Waals surface area contributed by atoms with Crippen LogP contribution in [0, 0.1) is 0 Å². The summed E-state index contributed by atoms with van der Waals surface area (Å²) in [5.74, 6) is 0.689. The Bertz CT molecular complexity index is 955. The molecule has 0 radical (unpaired) electrons. The van der Waals surface area contributed by atoms with Crippen LogP contribution in [0.5, 0.6) is 0 Å². The van der Waals surface area contributed by atoms with Gasteiger partial charge >= 0.3 is 0 Å². The molecule has 0 aliphatic rings. The van der Waals surface area contributed by atoms with Crippen LogP contribution in [0.15, 0.2) is 73.2 Å². The fourth-order valence-electron chi connectivity index (χ4n) is 2.50. The van der Waals surface area contributed by atoms with Crippen LogP contribution in [0.25, 0.3) is 22.4 Å². The normalized spacial score (nSPS) is 10.7. The first kappa shape index (κ1) is 14.3. The van der Waals surface area contributed by atoms with Crippen LogP contribution in [-0.4, -0.2) is 19.9 Å². The maximum atomic E-state index is 4.71. The standard InChI is InChI=1S/C19H15N5/c1-3-7-14(8-4-1)11-20-18-17-19(23-13-22-18)21-12-16(24-17)15-9-5-2-6-10-15/h1-10,12-13H,11H2,(H,20,21,22,23). The molecule has 0 unspecified atom stereocenters. The summed E-state index contributed by atoms with van der Waals surface area (Å²) in [6.07, 6.45) is 3.25. The minimum atomic E-state index is 0.584. The molecule has 0 saturated carbocycles. The van der Waals surface area contributed by atoms with Crippen molar-refractivity contribution < 1.29 is 0 Å². The van der Waals surface area contributed by atoms with Gasteiger partial charge in [0, 0.05) is 12.1 Å². The quantitative estimate of drug-likeness (QED) is 0.622. The van der Waals surface area contributed by atoms with Gasteiger partial charge in [-0.15, -0.1) is 0 Å². The van der Waals surface area contributed by atoms with E-state index in [1.54, 1.807) is 6.20 Å². The highest BCUT2D eigenvalue weighted by Crippen LogP contribution is 2.21. The molecule has 5 nitrogen and oxygen atoms in total. The van der Waals surface area contributed by atoms with Crippen LogP contribution in [0.3, 0.4) is 0 Å².